The third-order valence-electron chi connectivity index (χ3n) is 4.45. The molecule has 24 heavy (non-hydrogen) atoms. The van der Waals surface area contributed by atoms with Gasteiger partial charge in [0, 0.05) is 6.92 Å². The van der Waals surface area contributed by atoms with Crippen LogP contribution in [-0.2, 0) is 14.3 Å². The number of carbonyl (C=O) groups excluding carboxylic acids is 2. The van der Waals surface area contributed by atoms with Crippen molar-refractivity contribution in [1.29, 1.82) is 0 Å². The second-order valence-electron chi connectivity index (χ2n) is 6.89. The predicted octanol–water partition coefficient (Wildman–Crippen LogP) is 5.27. The number of hydrogen-bond donors (Lipinski definition) is 1. The summed E-state index contributed by atoms with van der Waals surface area (Å²) in [5, 5.41) is 0. The fourth-order valence-electron chi connectivity index (χ4n) is 2.98. The van der Waals surface area contributed by atoms with E-state index < -0.39 is 18.0 Å². The van der Waals surface area contributed by atoms with E-state index in [1.807, 2.05) is 0 Å². The molecular weight excluding hydrogens is 302 g/mol. The summed E-state index contributed by atoms with van der Waals surface area (Å²) in [4.78, 5) is 22.0. The molecule has 0 spiro atoms. The lowest BCUT2D eigenvalue weighted by Crippen LogP contribution is -2.32. The van der Waals surface area contributed by atoms with Gasteiger partial charge in [0.15, 0.2) is 6.10 Å². The van der Waals surface area contributed by atoms with Gasteiger partial charge in [0.2, 0.25) is 0 Å². The molecule has 0 rings (SSSR count). The number of rotatable bonds is 17. The molecule has 0 fully saturated rings. The summed E-state index contributed by atoms with van der Waals surface area (Å²) in [7, 11) is 0. The summed E-state index contributed by atoms with van der Waals surface area (Å²) in [6, 6.07) is 0. The number of nitrogens with two attached hydrogens (primary N) is 1. The van der Waals surface area contributed by atoms with E-state index in [1.54, 1.807) is 0 Å². The SMILES string of the molecule is CCCCCCCCCCCCCCCCC(OC(C)=O)C(N)=O. The molecule has 0 radical (unpaired) electrons. The van der Waals surface area contributed by atoms with E-state index in [-0.39, 0.29) is 0 Å². The fraction of sp³-hybridized carbons (Fsp3) is 0.900. The average Bonchev–Trinajstić information content (AvgIpc) is 2.53. The van der Waals surface area contributed by atoms with E-state index in [0.29, 0.717) is 6.42 Å². The van der Waals surface area contributed by atoms with Gasteiger partial charge in [0.05, 0.1) is 0 Å². The summed E-state index contributed by atoms with van der Waals surface area (Å²) in [5.41, 5.74) is 5.22. The van der Waals surface area contributed by atoms with Crippen LogP contribution in [0.5, 0.6) is 0 Å². The molecule has 0 aliphatic carbocycles. The predicted molar refractivity (Wildman–Crippen MR) is 99.7 cm³/mol. The second-order valence-corrected chi connectivity index (χ2v) is 6.89. The maximum atomic E-state index is 11.1. The molecule has 0 aromatic heterocycles. The monoisotopic (exact) mass is 341 g/mol. The first-order chi connectivity index (χ1) is 11.6. The molecule has 0 aromatic carbocycles. The molecule has 1 atom stereocenters. The van der Waals surface area contributed by atoms with Gasteiger partial charge in [-0.05, 0) is 12.8 Å². The maximum absolute atomic E-state index is 11.1. The fourth-order valence-corrected chi connectivity index (χ4v) is 2.98. The number of esters is 1. The third-order valence-corrected chi connectivity index (χ3v) is 4.45. The zero-order valence-electron chi connectivity index (χ0n) is 16.0. The Balaban J connectivity index is 3.30. The van der Waals surface area contributed by atoms with Crippen molar-refractivity contribution >= 4 is 11.9 Å². The first-order valence-electron chi connectivity index (χ1n) is 10.0. The molecule has 4 heteroatoms. The van der Waals surface area contributed by atoms with Crippen molar-refractivity contribution in [2.75, 3.05) is 0 Å². The van der Waals surface area contributed by atoms with Crippen molar-refractivity contribution in [2.24, 2.45) is 5.73 Å². The first-order valence-corrected chi connectivity index (χ1v) is 10.0. The Morgan fingerprint density at radius 2 is 1.12 bits per heavy atom. The van der Waals surface area contributed by atoms with Gasteiger partial charge in [0.25, 0.3) is 5.91 Å². The second kappa shape index (κ2) is 16.8. The highest BCUT2D eigenvalue weighted by atomic mass is 16.5. The van der Waals surface area contributed by atoms with Crippen molar-refractivity contribution < 1.29 is 14.3 Å². The summed E-state index contributed by atoms with van der Waals surface area (Å²) < 4.78 is 4.91. The maximum Gasteiger partial charge on any atom is 0.303 e. The van der Waals surface area contributed by atoms with E-state index in [0.717, 1.165) is 12.8 Å². The van der Waals surface area contributed by atoms with Gasteiger partial charge in [-0.15, -0.1) is 0 Å². The number of hydrogen-bond acceptors (Lipinski definition) is 3. The number of primary amides is 1. The Hall–Kier alpha value is -1.06. The van der Waals surface area contributed by atoms with Crippen LogP contribution in [0.15, 0.2) is 0 Å². The standard InChI is InChI=1S/C20H39NO3/c1-3-4-5-6-7-8-9-10-11-12-13-14-15-16-17-19(20(21)23)24-18(2)22/h19H,3-17H2,1-2H3,(H2,21,23). The molecular formula is C20H39NO3. The van der Waals surface area contributed by atoms with Crippen molar-refractivity contribution in [2.45, 2.75) is 116 Å². The Labute approximate surface area is 148 Å². The van der Waals surface area contributed by atoms with Gasteiger partial charge in [-0.25, -0.2) is 0 Å². The van der Waals surface area contributed by atoms with Crippen LogP contribution in [0.1, 0.15) is 110 Å². The van der Waals surface area contributed by atoms with Gasteiger partial charge in [-0.1, -0.05) is 90.4 Å². The summed E-state index contributed by atoms with van der Waals surface area (Å²) >= 11 is 0. The number of unbranched alkanes of at least 4 members (excludes halogenated alkanes) is 13. The Bertz CT molecular complexity index is 318. The average molecular weight is 342 g/mol. The lowest BCUT2D eigenvalue weighted by atomic mass is 10.0. The molecule has 1 unspecified atom stereocenters. The lowest BCUT2D eigenvalue weighted by molar-refractivity contribution is -0.153. The van der Waals surface area contributed by atoms with E-state index in [2.05, 4.69) is 6.92 Å². The largest absolute Gasteiger partial charge is 0.452 e. The Morgan fingerprint density at radius 3 is 1.46 bits per heavy atom. The quantitative estimate of drug-likeness (QED) is 0.289. The first kappa shape index (κ1) is 22.9. The number of ether oxygens (including phenoxy) is 1. The lowest BCUT2D eigenvalue weighted by Gasteiger charge is -2.12. The topological polar surface area (TPSA) is 69.4 Å². The third kappa shape index (κ3) is 15.8. The highest BCUT2D eigenvalue weighted by Crippen LogP contribution is 2.14. The molecule has 0 aliphatic rings. The molecule has 0 saturated carbocycles. The molecule has 1 amide bonds. The minimum Gasteiger partial charge on any atom is -0.452 e. The molecule has 0 saturated heterocycles. The smallest absolute Gasteiger partial charge is 0.303 e. The van der Waals surface area contributed by atoms with Crippen molar-refractivity contribution in [3.63, 3.8) is 0 Å². The normalized spacial score (nSPS) is 12.1. The minimum atomic E-state index is -0.750. The molecule has 0 aromatic rings. The van der Waals surface area contributed by atoms with Gasteiger partial charge in [-0.2, -0.15) is 0 Å². The van der Waals surface area contributed by atoms with Gasteiger partial charge >= 0.3 is 5.97 Å². The summed E-state index contributed by atoms with van der Waals surface area (Å²) in [6.45, 7) is 3.57. The molecule has 2 N–H and O–H groups in total. The summed E-state index contributed by atoms with van der Waals surface area (Å²) in [6.07, 6.45) is 17.9. The molecule has 0 heterocycles. The number of carbonyl (C=O) groups is 2. The Morgan fingerprint density at radius 1 is 0.750 bits per heavy atom. The van der Waals surface area contributed by atoms with E-state index in [9.17, 15) is 9.59 Å². The van der Waals surface area contributed by atoms with Crippen molar-refractivity contribution in [1.82, 2.24) is 0 Å². The van der Waals surface area contributed by atoms with E-state index >= 15 is 0 Å². The van der Waals surface area contributed by atoms with Crippen LogP contribution >= 0.6 is 0 Å². The van der Waals surface area contributed by atoms with Crippen molar-refractivity contribution in [3.8, 4) is 0 Å². The van der Waals surface area contributed by atoms with Crippen molar-refractivity contribution in [3.05, 3.63) is 0 Å². The molecule has 142 valence electrons. The van der Waals surface area contributed by atoms with Gasteiger partial charge in [-0.3, -0.25) is 9.59 Å². The van der Waals surface area contributed by atoms with Crippen LogP contribution in [0.2, 0.25) is 0 Å². The highest BCUT2D eigenvalue weighted by molar-refractivity contribution is 5.81. The minimum absolute atomic E-state index is 0.441. The summed E-state index contributed by atoms with van der Waals surface area (Å²) in [5.74, 6) is -0.982. The zero-order valence-corrected chi connectivity index (χ0v) is 16.0. The molecule has 0 bridgehead atoms. The van der Waals surface area contributed by atoms with Crippen LogP contribution in [0, 0.1) is 0 Å². The van der Waals surface area contributed by atoms with Crippen LogP contribution in [0.4, 0.5) is 0 Å². The molecule has 4 nitrogen and oxygen atoms in total. The Kier molecular flexibility index (Phi) is 16.0. The highest BCUT2D eigenvalue weighted by Gasteiger charge is 2.17. The van der Waals surface area contributed by atoms with E-state index in [4.69, 9.17) is 10.5 Å². The van der Waals surface area contributed by atoms with Crippen LogP contribution in [-0.4, -0.2) is 18.0 Å². The van der Waals surface area contributed by atoms with Crippen LogP contribution < -0.4 is 5.73 Å². The zero-order chi connectivity index (χ0) is 18.0. The van der Waals surface area contributed by atoms with Crippen LogP contribution in [0.25, 0.3) is 0 Å². The van der Waals surface area contributed by atoms with Crippen LogP contribution in [0.3, 0.4) is 0 Å². The molecule has 0 aliphatic heterocycles. The van der Waals surface area contributed by atoms with Gasteiger partial charge < -0.3 is 10.5 Å². The van der Waals surface area contributed by atoms with Gasteiger partial charge in [0.1, 0.15) is 0 Å². The number of amides is 1. The van der Waals surface area contributed by atoms with E-state index in [1.165, 1.54) is 84.0 Å².